The number of unbranched alkanes of at least 4 members (excludes halogenated alkanes) is 28. The molecule has 55 heavy (non-hydrogen) atoms. The van der Waals surface area contributed by atoms with E-state index in [1.54, 1.807) is 0 Å². The van der Waals surface area contributed by atoms with Crippen molar-refractivity contribution in [2.75, 3.05) is 47.5 Å². The number of rotatable bonds is 43. The van der Waals surface area contributed by atoms with E-state index in [2.05, 4.69) is 13.8 Å². The SMILES string of the molecule is CCCCCCCCCCCCCCCCCCCCCCC(=O)OC(COC(=O)CCCCCCCCCCCC)COC(OCC[N+](C)(C)C)C(=O)O. The van der Waals surface area contributed by atoms with E-state index in [4.69, 9.17) is 18.9 Å². The van der Waals surface area contributed by atoms with Crippen LogP contribution in [0.4, 0.5) is 0 Å². The van der Waals surface area contributed by atoms with E-state index in [0.29, 0.717) is 17.4 Å². The Morgan fingerprint density at radius 3 is 1.16 bits per heavy atom. The molecule has 0 amide bonds. The Morgan fingerprint density at radius 1 is 0.473 bits per heavy atom. The molecule has 9 nitrogen and oxygen atoms in total. The Bertz CT molecular complexity index is 876. The number of carbonyl (C=O) groups excluding carboxylic acids is 2. The van der Waals surface area contributed by atoms with Crippen molar-refractivity contribution in [2.45, 2.75) is 232 Å². The zero-order valence-corrected chi connectivity index (χ0v) is 36.9. The van der Waals surface area contributed by atoms with E-state index in [9.17, 15) is 19.5 Å². The summed E-state index contributed by atoms with van der Waals surface area (Å²) in [5.41, 5.74) is 0. The van der Waals surface area contributed by atoms with Crippen LogP contribution >= 0.6 is 0 Å². The predicted octanol–water partition coefficient (Wildman–Crippen LogP) is 12.1. The molecule has 0 spiro atoms. The van der Waals surface area contributed by atoms with Crippen LogP contribution in [0.25, 0.3) is 0 Å². The Morgan fingerprint density at radius 2 is 0.818 bits per heavy atom. The van der Waals surface area contributed by atoms with Gasteiger partial charge in [0.25, 0.3) is 6.29 Å². The first kappa shape index (κ1) is 53.3. The maximum absolute atomic E-state index is 12.8. The third kappa shape index (κ3) is 40.3. The van der Waals surface area contributed by atoms with Gasteiger partial charge in [0, 0.05) is 12.8 Å². The highest BCUT2D eigenvalue weighted by atomic mass is 16.7. The smallest absolute Gasteiger partial charge is 0.361 e. The van der Waals surface area contributed by atoms with E-state index < -0.39 is 18.4 Å². The number of carboxylic acid groups (broad SMARTS) is 1. The van der Waals surface area contributed by atoms with Crippen molar-refractivity contribution in [1.29, 1.82) is 0 Å². The molecule has 1 N–H and O–H groups in total. The standard InChI is InChI=1S/C46H89NO8/c1-6-8-10-12-14-16-18-19-20-21-22-23-24-25-26-27-29-31-33-35-37-44(49)55-42(41-54-46(45(50)51)52-39-38-47(3,4)5)40-53-43(48)36-34-32-30-28-17-15-13-11-9-7-2/h42,46H,6-41H2,1-5H3/p+1. The number of hydrogen-bond donors (Lipinski definition) is 1. The second kappa shape index (κ2) is 39.1. The lowest BCUT2D eigenvalue weighted by molar-refractivity contribution is -0.870. The van der Waals surface area contributed by atoms with Gasteiger partial charge in [-0.25, -0.2) is 4.79 Å². The fourth-order valence-electron chi connectivity index (χ4n) is 6.72. The van der Waals surface area contributed by atoms with E-state index in [1.807, 2.05) is 21.1 Å². The summed E-state index contributed by atoms with van der Waals surface area (Å²) in [4.78, 5) is 37.0. The van der Waals surface area contributed by atoms with Gasteiger partial charge < -0.3 is 28.5 Å². The van der Waals surface area contributed by atoms with Gasteiger partial charge >= 0.3 is 17.9 Å². The number of carboxylic acids is 1. The monoisotopic (exact) mass is 785 g/mol. The first-order valence-corrected chi connectivity index (χ1v) is 23.2. The molecule has 326 valence electrons. The summed E-state index contributed by atoms with van der Waals surface area (Å²) in [7, 11) is 5.96. The molecule has 0 aromatic rings. The predicted molar refractivity (Wildman–Crippen MR) is 226 cm³/mol. The van der Waals surface area contributed by atoms with Crippen LogP contribution in [0, 0.1) is 0 Å². The summed E-state index contributed by atoms with van der Waals surface area (Å²) < 4.78 is 22.7. The fourth-order valence-corrected chi connectivity index (χ4v) is 6.72. The Kier molecular flexibility index (Phi) is 37.9. The molecule has 2 unspecified atom stereocenters. The van der Waals surface area contributed by atoms with Crippen molar-refractivity contribution in [3.63, 3.8) is 0 Å². The molecular formula is C46H90NO8+. The number of ether oxygens (including phenoxy) is 4. The minimum absolute atomic E-state index is 0.174. The summed E-state index contributed by atoms with van der Waals surface area (Å²) in [6.07, 6.45) is 35.9. The third-order valence-electron chi connectivity index (χ3n) is 10.4. The minimum Gasteiger partial charge on any atom is -0.477 e. The van der Waals surface area contributed by atoms with Crippen molar-refractivity contribution in [3.8, 4) is 0 Å². The van der Waals surface area contributed by atoms with E-state index in [1.165, 1.54) is 154 Å². The molecule has 0 aliphatic heterocycles. The highest BCUT2D eigenvalue weighted by molar-refractivity contribution is 5.71. The van der Waals surface area contributed by atoms with Gasteiger partial charge in [-0.05, 0) is 12.8 Å². The van der Waals surface area contributed by atoms with Crippen LogP contribution < -0.4 is 0 Å². The highest BCUT2D eigenvalue weighted by Gasteiger charge is 2.25. The van der Waals surface area contributed by atoms with Gasteiger partial charge in [0.1, 0.15) is 13.2 Å². The zero-order valence-electron chi connectivity index (χ0n) is 36.9. The molecule has 0 aromatic carbocycles. The molecular weight excluding hydrogens is 695 g/mol. The number of carbonyl (C=O) groups is 3. The molecule has 0 fully saturated rings. The van der Waals surface area contributed by atoms with E-state index in [-0.39, 0.29) is 38.2 Å². The summed E-state index contributed by atoms with van der Waals surface area (Å²) in [6.45, 7) is 4.89. The molecule has 0 aliphatic carbocycles. The third-order valence-corrected chi connectivity index (χ3v) is 10.4. The van der Waals surface area contributed by atoms with Crippen LogP contribution in [0.5, 0.6) is 0 Å². The normalized spacial score (nSPS) is 12.8. The highest BCUT2D eigenvalue weighted by Crippen LogP contribution is 2.16. The van der Waals surface area contributed by atoms with Crippen LogP contribution in [0.2, 0.25) is 0 Å². The fraction of sp³-hybridized carbons (Fsp3) is 0.935. The summed E-state index contributed by atoms with van der Waals surface area (Å²) in [5, 5.41) is 9.62. The van der Waals surface area contributed by atoms with Gasteiger partial charge in [-0.2, -0.15) is 0 Å². The molecule has 0 saturated carbocycles. The van der Waals surface area contributed by atoms with Gasteiger partial charge in [0.05, 0.1) is 34.4 Å². The number of likely N-dealkylation sites (N-methyl/N-ethyl adjacent to an activating group) is 1. The zero-order chi connectivity index (χ0) is 40.7. The van der Waals surface area contributed by atoms with Crippen molar-refractivity contribution >= 4 is 17.9 Å². The average Bonchev–Trinajstić information content (AvgIpc) is 3.14. The van der Waals surface area contributed by atoms with Crippen LogP contribution in [0.15, 0.2) is 0 Å². The van der Waals surface area contributed by atoms with Crippen molar-refractivity contribution < 1.29 is 42.9 Å². The maximum Gasteiger partial charge on any atom is 0.361 e. The Hall–Kier alpha value is -1.71. The quantitative estimate of drug-likeness (QED) is 0.0282. The van der Waals surface area contributed by atoms with Crippen molar-refractivity contribution in [1.82, 2.24) is 0 Å². The first-order chi connectivity index (χ1) is 26.6. The minimum atomic E-state index is -1.50. The maximum atomic E-state index is 12.8. The molecule has 0 saturated heterocycles. The Labute approximate surface area is 339 Å². The number of quaternary nitrogens is 1. The lowest BCUT2D eigenvalue weighted by atomic mass is 10.0. The summed E-state index contributed by atoms with van der Waals surface area (Å²) in [6, 6.07) is 0. The summed E-state index contributed by atoms with van der Waals surface area (Å²) >= 11 is 0. The number of hydrogen-bond acceptors (Lipinski definition) is 7. The van der Waals surface area contributed by atoms with Crippen LogP contribution in [-0.2, 0) is 33.3 Å². The molecule has 0 aromatic heterocycles. The van der Waals surface area contributed by atoms with E-state index >= 15 is 0 Å². The molecule has 0 bridgehead atoms. The molecule has 9 heteroatoms. The molecule has 2 atom stereocenters. The lowest BCUT2D eigenvalue weighted by Crippen LogP contribution is -2.40. The van der Waals surface area contributed by atoms with Gasteiger partial charge in [-0.15, -0.1) is 0 Å². The molecule has 0 aliphatic rings. The summed E-state index contributed by atoms with van der Waals surface area (Å²) in [5.74, 6) is -1.99. The second-order valence-corrected chi connectivity index (χ2v) is 17.1. The van der Waals surface area contributed by atoms with Gasteiger partial charge in [-0.3, -0.25) is 9.59 Å². The molecule has 0 heterocycles. The lowest BCUT2D eigenvalue weighted by Gasteiger charge is -2.25. The van der Waals surface area contributed by atoms with Gasteiger partial charge in [0.15, 0.2) is 6.10 Å². The second-order valence-electron chi connectivity index (χ2n) is 17.1. The topological polar surface area (TPSA) is 108 Å². The number of aliphatic carboxylic acids is 1. The van der Waals surface area contributed by atoms with Crippen molar-refractivity contribution in [3.05, 3.63) is 0 Å². The van der Waals surface area contributed by atoms with E-state index in [0.717, 1.165) is 38.5 Å². The number of nitrogens with zero attached hydrogens (tertiary/aromatic N) is 1. The average molecular weight is 785 g/mol. The number of esters is 2. The van der Waals surface area contributed by atoms with Crippen LogP contribution in [0.1, 0.15) is 219 Å². The van der Waals surface area contributed by atoms with Gasteiger partial charge in [-0.1, -0.05) is 194 Å². The van der Waals surface area contributed by atoms with Gasteiger partial charge in [0.2, 0.25) is 0 Å². The molecule has 0 rings (SSSR count). The Balaban J connectivity index is 4.30. The largest absolute Gasteiger partial charge is 0.477 e. The molecule has 0 radical (unpaired) electrons. The van der Waals surface area contributed by atoms with Crippen LogP contribution in [0.3, 0.4) is 0 Å². The van der Waals surface area contributed by atoms with Crippen LogP contribution in [-0.4, -0.2) is 87.4 Å². The first-order valence-electron chi connectivity index (χ1n) is 23.2. The van der Waals surface area contributed by atoms with Crippen molar-refractivity contribution in [2.24, 2.45) is 0 Å².